The second-order valence-electron chi connectivity index (χ2n) is 6.39. The molecule has 8 nitrogen and oxygen atoms in total. The lowest BCUT2D eigenvalue weighted by molar-refractivity contribution is -0.131. The Morgan fingerprint density at radius 1 is 1.25 bits per heavy atom. The van der Waals surface area contributed by atoms with Gasteiger partial charge in [-0.05, 0) is 12.1 Å². The molecule has 0 radical (unpaired) electrons. The molecule has 3 heterocycles. The van der Waals surface area contributed by atoms with Gasteiger partial charge in [0.15, 0.2) is 11.2 Å². The summed E-state index contributed by atoms with van der Waals surface area (Å²) in [6.07, 6.45) is 0.247. The fourth-order valence-corrected chi connectivity index (χ4v) is 3.46. The minimum Gasteiger partial charge on any atom is -0.439 e. The Kier molecular flexibility index (Phi) is 3.16. The van der Waals surface area contributed by atoms with E-state index in [1.807, 2.05) is 0 Å². The number of para-hydroxylation sites is 2. The van der Waals surface area contributed by atoms with Crippen LogP contribution in [0.5, 0.6) is 0 Å². The number of likely N-dealkylation sites (tertiary alicyclic amines) is 1. The maximum atomic E-state index is 12.6. The molecular weight excluding hydrogens is 314 g/mol. The Morgan fingerprint density at radius 3 is 2.79 bits per heavy atom. The molecule has 2 aliphatic heterocycles. The van der Waals surface area contributed by atoms with Gasteiger partial charge in [0.05, 0.1) is 18.6 Å². The number of carbonyl (C=O) groups excluding carboxylic acids is 2. The zero-order valence-electron chi connectivity index (χ0n) is 13.2. The quantitative estimate of drug-likeness (QED) is 0.806. The molecule has 0 aliphatic carbocycles. The number of aromatic nitrogens is 1. The topological polar surface area (TPSA) is 85.0 Å². The zero-order chi connectivity index (χ0) is 16.9. The maximum Gasteiger partial charge on any atom is 0.420 e. The highest BCUT2D eigenvalue weighted by atomic mass is 16.6. The van der Waals surface area contributed by atoms with Gasteiger partial charge in [-0.25, -0.2) is 9.59 Å². The number of oxazole rings is 1. The van der Waals surface area contributed by atoms with Gasteiger partial charge in [-0.1, -0.05) is 12.1 Å². The number of hydrogen-bond donors (Lipinski definition) is 0. The summed E-state index contributed by atoms with van der Waals surface area (Å²) in [7, 11) is 1.68. The fraction of sp³-hybridized carbons (Fsp3) is 0.438. The molecule has 126 valence electrons. The molecule has 0 N–H and O–H groups in total. The molecule has 1 aromatic heterocycles. The van der Waals surface area contributed by atoms with E-state index in [9.17, 15) is 14.4 Å². The standard InChI is InChI=1S/C16H17N3O5/c1-17-9-16(24-14(17)21)6-7-18(10-16)13(20)8-19-11-4-2-3-5-12(11)23-15(19)22/h2-5H,6-10H2,1H3/t16-/m0/s1. The van der Waals surface area contributed by atoms with Crippen LogP contribution in [0.3, 0.4) is 0 Å². The Labute approximate surface area is 137 Å². The van der Waals surface area contributed by atoms with Gasteiger partial charge in [0.1, 0.15) is 6.54 Å². The molecule has 1 aromatic carbocycles. The van der Waals surface area contributed by atoms with E-state index in [4.69, 9.17) is 9.15 Å². The molecule has 0 bridgehead atoms. The van der Waals surface area contributed by atoms with Crippen molar-refractivity contribution in [1.29, 1.82) is 0 Å². The van der Waals surface area contributed by atoms with E-state index in [1.165, 1.54) is 9.47 Å². The predicted octanol–water partition coefficient (Wildman–Crippen LogP) is 0.648. The molecule has 2 aromatic rings. The average molecular weight is 331 g/mol. The highest BCUT2D eigenvalue weighted by Gasteiger charge is 2.49. The van der Waals surface area contributed by atoms with Crippen LogP contribution >= 0.6 is 0 Å². The van der Waals surface area contributed by atoms with Crippen LogP contribution in [0.15, 0.2) is 33.5 Å². The molecule has 24 heavy (non-hydrogen) atoms. The number of hydrogen-bond acceptors (Lipinski definition) is 5. The van der Waals surface area contributed by atoms with Gasteiger partial charge in [-0.2, -0.15) is 0 Å². The smallest absolute Gasteiger partial charge is 0.420 e. The van der Waals surface area contributed by atoms with Crippen LogP contribution in [0.1, 0.15) is 6.42 Å². The monoisotopic (exact) mass is 331 g/mol. The third-order valence-electron chi connectivity index (χ3n) is 4.68. The molecule has 8 heteroatoms. The van der Waals surface area contributed by atoms with Gasteiger partial charge < -0.3 is 19.0 Å². The molecule has 1 atom stereocenters. The number of benzene rings is 1. The van der Waals surface area contributed by atoms with E-state index in [1.54, 1.807) is 36.2 Å². The number of rotatable bonds is 2. The summed E-state index contributed by atoms with van der Waals surface area (Å²) >= 11 is 0. The van der Waals surface area contributed by atoms with E-state index < -0.39 is 11.4 Å². The lowest BCUT2D eigenvalue weighted by Crippen LogP contribution is -2.40. The predicted molar refractivity (Wildman–Crippen MR) is 83.5 cm³/mol. The largest absolute Gasteiger partial charge is 0.439 e. The van der Waals surface area contributed by atoms with E-state index in [0.717, 1.165) is 0 Å². The fourth-order valence-electron chi connectivity index (χ4n) is 3.46. The van der Waals surface area contributed by atoms with E-state index >= 15 is 0 Å². The first-order valence-corrected chi connectivity index (χ1v) is 7.78. The molecule has 1 spiro atoms. The van der Waals surface area contributed by atoms with Crippen molar-refractivity contribution in [2.24, 2.45) is 0 Å². The van der Waals surface area contributed by atoms with E-state index in [2.05, 4.69) is 0 Å². The van der Waals surface area contributed by atoms with Gasteiger partial charge >= 0.3 is 11.8 Å². The van der Waals surface area contributed by atoms with Crippen molar-refractivity contribution in [3.8, 4) is 0 Å². The molecular formula is C16H17N3O5. The SMILES string of the molecule is CN1C[C@]2(CCN(C(=O)Cn3c(=O)oc4ccccc43)C2)OC1=O. The van der Waals surface area contributed by atoms with Crippen molar-refractivity contribution in [3.63, 3.8) is 0 Å². The molecule has 4 rings (SSSR count). The van der Waals surface area contributed by atoms with Crippen LogP contribution < -0.4 is 5.76 Å². The summed E-state index contributed by atoms with van der Waals surface area (Å²) in [6.45, 7) is 1.25. The summed E-state index contributed by atoms with van der Waals surface area (Å²) < 4.78 is 11.9. The summed E-state index contributed by atoms with van der Waals surface area (Å²) in [6, 6.07) is 6.99. The normalized spacial score (nSPS) is 23.5. The highest BCUT2D eigenvalue weighted by molar-refractivity contribution is 5.80. The Hall–Kier alpha value is -2.77. The lowest BCUT2D eigenvalue weighted by atomic mass is 10.0. The van der Waals surface area contributed by atoms with Gasteiger partial charge in [-0.15, -0.1) is 0 Å². The molecule has 2 amide bonds. The number of likely N-dealkylation sites (N-methyl/N-ethyl adjacent to an activating group) is 1. The highest BCUT2D eigenvalue weighted by Crippen LogP contribution is 2.31. The maximum absolute atomic E-state index is 12.6. The number of carbonyl (C=O) groups is 2. The van der Waals surface area contributed by atoms with Gasteiger partial charge in [-0.3, -0.25) is 9.36 Å². The van der Waals surface area contributed by atoms with Gasteiger partial charge in [0.2, 0.25) is 5.91 Å². The van der Waals surface area contributed by atoms with Crippen LogP contribution in [0.25, 0.3) is 11.1 Å². The molecule has 2 fully saturated rings. The van der Waals surface area contributed by atoms with Crippen molar-refractivity contribution in [1.82, 2.24) is 14.4 Å². The number of ether oxygens (including phenoxy) is 1. The molecule has 0 unspecified atom stereocenters. The Bertz CT molecular complexity index is 885. The van der Waals surface area contributed by atoms with E-state index in [0.29, 0.717) is 37.2 Å². The minimum atomic E-state index is -0.620. The summed E-state index contributed by atoms with van der Waals surface area (Å²) in [4.78, 5) is 39.3. The Morgan fingerprint density at radius 2 is 2.04 bits per heavy atom. The van der Waals surface area contributed by atoms with Crippen LogP contribution in [0.2, 0.25) is 0 Å². The first-order chi connectivity index (χ1) is 11.5. The van der Waals surface area contributed by atoms with Crippen LogP contribution in [0.4, 0.5) is 4.79 Å². The second-order valence-corrected chi connectivity index (χ2v) is 6.39. The zero-order valence-corrected chi connectivity index (χ0v) is 13.2. The number of fused-ring (bicyclic) bond motifs is 1. The second kappa shape index (κ2) is 5.12. The van der Waals surface area contributed by atoms with Crippen molar-refractivity contribution < 1.29 is 18.7 Å². The lowest BCUT2D eigenvalue weighted by Gasteiger charge is -2.21. The minimum absolute atomic E-state index is 0.0876. The van der Waals surface area contributed by atoms with E-state index in [-0.39, 0.29) is 18.5 Å². The molecule has 0 saturated carbocycles. The first-order valence-electron chi connectivity index (χ1n) is 7.78. The Balaban J connectivity index is 1.52. The van der Waals surface area contributed by atoms with Gasteiger partial charge in [0, 0.05) is 20.0 Å². The molecule has 2 aliphatic rings. The summed E-state index contributed by atoms with van der Waals surface area (Å²) in [5, 5.41) is 0. The van der Waals surface area contributed by atoms with Crippen molar-refractivity contribution >= 4 is 23.1 Å². The van der Waals surface area contributed by atoms with Crippen LogP contribution in [-0.4, -0.2) is 58.7 Å². The summed E-state index contributed by atoms with van der Waals surface area (Å²) in [5.41, 5.74) is 0.432. The number of nitrogens with zero attached hydrogens (tertiary/aromatic N) is 3. The van der Waals surface area contributed by atoms with Gasteiger partial charge in [0.25, 0.3) is 0 Å². The van der Waals surface area contributed by atoms with Crippen molar-refractivity contribution in [3.05, 3.63) is 34.8 Å². The average Bonchev–Trinajstić information content (AvgIpc) is 3.18. The van der Waals surface area contributed by atoms with Crippen molar-refractivity contribution in [2.45, 2.75) is 18.6 Å². The van der Waals surface area contributed by atoms with Crippen LogP contribution in [-0.2, 0) is 16.1 Å². The first kappa shape index (κ1) is 14.8. The van der Waals surface area contributed by atoms with Crippen LogP contribution in [0, 0.1) is 0 Å². The molecule has 2 saturated heterocycles. The third kappa shape index (κ3) is 2.26. The summed E-state index contributed by atoms with van der Waals surface area (Å²) in [5.74, 6) is -0.739. The van der Waals surface area contributed by atoms with Crippen molar-refractivity contribution in [2.75, 3.05) is 26.7 Å². The third-order valence-corrected chi connectivity index (χ3v) is 4.68. The number of amides is 2.